The zero-order valence-corrected chi connectivity index (χ0v) is 8.87. The molecule has 14 heavy (non-hydrogen) atoms. The predicted octanol–water partition coefficient (Wildman–Crippen LogP) is 0.220. The Balaban J connectivity index is 2.35. The van der Waals surface area contributed by atoms with Crippen molar-refractivity contribution in [2.45, 2.75) is 19.8 Å². The first kappa shape index (κ1) is 11.5. The van der Waals surface area contributed by atoms with Crippen molar-refractivity contribution < 1.29 is 9.53 Å². The molecule has 4 heteroatoms. The minimum Gasteiger partial charge on any atom is -0.466 e. The number of piperidine rings is 1. The summed E-state index contributed by atoms with van der Waals surface area (Å²) in [6, 6.07) is 0. The Morgan fingerprint density at radius 3 is 3.07 bits per heavy atom. The van der Waals surface area contributed by atoms with Gasteiger partial charge in [-0.25, -0.2) is 0 Å². The van der Waals surface area contributed by atoms with E-state index in [0.29, 0.717) is 13.2 Å². The van der Waals surface area contributed by atoms with E-state index in [1.165, 1.54) is 0 Å². The number of hydrogen-bond acceptors (Lipinski definition) is 4. The molecule has 1 heterocycles. The minimum atomic E-state index is -0.0470. The highest BCUT2D eigenvalue weighted by atomic mass is 16.5. The van der Waals surface area contributed by atoms with E-state index in [4.69, 9.17) is 10.5 Å². The average molecular weight is 200 g/mol. The number of hydrogen-bond donors (Lipinski definition) is 1. The molecule has 1 atom stereocenters. The van der Waals surface area contributed by atoms with E-state index in [2.05, 4.69) is 4.90 Å². The Morgan fingerprint density at radius 1 is 1.64 bits per heavy atom. The van der Waals surface area contributed by atoms with E-state index in [9.17, 15) is 4.79 Å². The van der Waals surface area contributed by atoms with Crippen LogP contribution >= 0.6 is 0 Å². The van der Waals surface area contributed by atoms with Crippen LogP contribution in [-0.2, 0) is 9.53 Å². The lowest BCUT2D eigenvalue weighted by Crippen LogP contribution is -2.41. The van der Waals surface area contributed by atoms with Crippen LogP contribution in [0.5, 0.6) is 0 Å². The molecule has 0 aromatic rings. The minimum absolute atomic E-state index is 0.0470. The van der Waals surface area contributed by atoms with Crippen LogP contribution in [0.25, 0.3) is 0 Å². The Kier molecular flexibility index (Phi) is 4.90. The number of nitrogens with two attached hydrogens (primary N) is 1. The zero-order valence-electron chi connectivity index (χ0n) is 8.87. The maximum Gasteiger partial charge on any atom is 0.310 e. The van der Waals surface area contributed by atoms with Gasteiger partial charge in [0.2, 0.25) is 0 Å². The summed E-state index contributed by atoms with van der Waals surface area (Å²) in [6.45, 7) is 5.75. The first-order valence-electron chi connectivity index (χ1n) is 5.37. The molecule has 0 radical (unpaired) electrons. The molecule has 0 aromatic heterocycles. The van der Waals surface area contributed by atoms with Crippen LogP contribution in [0.1, 0.15) is 19.8 Å². The van der Waals surface area contributed by atoms with Gasteiger partial charge in [-0.1, -0.05) is 0 Å². The van der Waals surface area contributed by atoms with Gasteiger partial charge in [0.1, 0.15) is 0 Å². The second kappa shape index (κ2) is 5.98. The van der Waals surface area contributed by atoms with E-state index in [1.54, 1.807) is 0 Å². The van der Waals surface area contributed by atoms with Crippen LogP contribution in [0.2, 0.25) is 0 Å². The summed E-state index contributed by atoms with van der Waals surface area (Å²) >= 11 is 0. The molecule has 0 aromatic carbocycles. The molecule has 0 spiro atoms. The van der Waals surface area contributed by atoms with Crippen molar-refractivity contribution in [1.29, 1.82) is 0 Å². The van der Waals surface area contributed by atoms with Crippen molar-refractivity contribution in [3.05, 3.63) is 0 Å². The summed E-state index contributed by atoms with van der Waals surface area (Å²) in [7, 11) is 0. The van der Waals surface area contributed by atoms with Gasteiger partial charge < -0.3 is 15.4 Å². The zero-order chi connectivity index (χ0) is 10.4. The molecule has 0 amide bonds. The van der Waals surface area contributed by atoms with Crippen LogP contribution in [-0.4, -0.2) is 43.7 Å². The fraction of sp³-hybridized carbons (Fsp3) is 0.900. The number of likely N-dealkylation sites (tertiary alicyclic amines) is 1. The number of esters is 1. The number of nitrogens with zero attached hydrogens (tertiary/aromatic N) is 1. The Bertz CT molecular complexity index is 183. The van der Waals surface area contributed by atoms with Crippen LogP contribution in [0.15, 0.2) is 0 Å². The van der Waals surface area contributed by atoms with Crippen LogP contribution in [0.4, 0.5) is 0 Å². The number of rotatable bonds is 4. The Hall–Kier alpha value is -0.610. The molecule has 2 N–H and O–H groups in total. The monoisotopic (exact) mass is 200 g/mol. The normalized spacial score (nSPS) is 23.4. The van der Waals surface area contributed by atoms with Crippen molar-refractivity contribution in [2.75, 3.05) is 32.8 Å². The highest BCUT2D eigenvalue weighted by Crippen LogP contribution is 2.17. The van der Waals surface area contributed by atoms with Gasteiger partial charge in [-0.15, -0.1) is 0 Å². The van der Waals surface area contributed by atoms with Gasteiger partial charge in [-0.2, -0.15) is 0 Å². The van der Waals surface area contributed by atoms with Crippen LogP contribution in [0, 0.1) is 5.92 Å². The third kappa shape index (κ3) is 3.27. The van der Waals surface area contributed by atoms with Crippen LogP contribution < -0.4 is 5.73 Å². The fourth-order valence-corrected chi connectivity index (χ4v) is 1.89. The van der Waals surface area contributed by atoms with Crippen molar-refractivity contribution in [3.8, 4) is 0 Å². The van der Waals surface area contributed by atoms with Crippen molar-refractivity contribution in [2.24, 2.45) is 11.7 Å². The molecule has 0 unspecified atom stereocenters. The van der Waals surface area contributed by atoms with Crippen LogP contribution in [0.3, 0.4) is 0 Å². The van der Waals surface area contributed by atoms with Gasteiger partial charge in [0.25, 0.3) is 0 Å². The van der Waals surface area contributed by atoms with E-state index in [0.717, 1.165) is 32.5 Å². The summed E-state index contributed by atoms with van der Waals surface area (Å²) in [6.07, 6.45) is 2.03. The maximum absolute atomic E-state index is 11.5. The molecule has 0 saturated carbocycles. The highest BCUT2D eigenvalue weighted by Gasteiger charge is 2.26. The molecule has 1 aliphatic rings. The highest BCUT2D eigenvalue weighted by molar-refractivity contribution is 5.72. The molecule has 1 aliphatic heterocycles. The van der Waals surface area contributed by atoms with E-state index < -0.39 is 0 Å². The number of ether oxygens (including phenoxy) is 1. The van der Waals surface area contributed by atoms with Crippen molar-refractivity contribution >= 4 is 5.97 Å². The first-order chi connectivity index (χ1) is 6.77. The summed E-state index contributed by atoms with van der Waals surface area (Å²) in [5, 5.41) is 0. The third-order valence-corrected chi connectivity index (χ3v) is 2.57. The number of carbonyl (C=O) groups excluding carboxylic acids is 1. The smallest absolute Gasteiger partial charge is 0.310 e. The lowest BCUT2D eigenvalue weighted by Gasteiger charge is -2.30. The topological polar surface area (TPSA) is 55.6 Å². The molecular weight excluding hydrogens is 180 g/mol. The quantitative estimate of drug-likeness (QED) is 0.660. The summed E-state index contributed by atoms with van der Waals surface area (Å²) in [4.78, 5) is 13.7. The molecule has 1 saturated heterocycles. The lowest BCUT2D eigenvalue weighted by molar-refractivity contribution is -0.149. The van der Waals surface area contributed by atoms with E-state index >= 15 is 0 Å². The van der Waals surface area contributed by atoms with E-state index in [-0.39, 0.29) is 11.9 Å². The SMILES string of the molecule is CCOC(=O)[C@H]1CCCN(CCN)C1. The van der Waals surface area contributed by atoms with Gasteiger partial charge >= 0.3 is 5.97 Å². The summed E-state index contributed by atoms with van der Waals surface area (Å²) in [5.41, 5.74) is 5.48. The largest absolute Gasteiger partial charge is 0.466 e. The Labute approximate surface area is 85.4 Å². The molecule has 1 fully saturated rings. The second-order valence-electron chi connectivity index (χ2n) is 3.68. The van der Waals surface area contributed by atoms with Gasteiger partial charge in [0.15, 0.2) is 0 Å². The standard InChI is InChI=1S/C10H20N2O2/c1-2-14-10(13)9-4-3-6-12(8-9)7-5-11/h9H,2-8,11H2,1H3/t9-/m0/s1. The van der Waals surface area contributed by atoms with Gasteiger partial charge in [-0.3, -0.25) is 4.79 Å². The molecule has 4 nitrogen and oxygen atoms in total. The average Bonchev–Trinajstić information content (AvgIpc) is 2.19. The summed E-state index contributed by atoms with van der Waals surface area (Å²) in [5.74, 6) is 0.0180. The van der Waals surface area contributed by atoms with Crippen molar-refractivity contribution in [1.82, 2.24) is 4.90 Å². The third-order valence-electron chi connectivity index (χ3n) is 2.57. The molecule has 0 aliphatic carbocycles. The lowest BCUT2D eigenvalue weighted by atomic mass is 9.98. The van der Waals surface area contributed by atoms with Gasteiger partial charge in [0.05, 0.1) is 12.5 Å². The van der Waals surface area contributed by atoms with Crippen molar-refractivity contribution in [3.63, 3.8) is 0 Å². The number of carbonyl (C=O) groups is 1. The maximum atomic E-state index is 11.5. The molecule has 82 valence electrons. The summed E-state index contributed by atoms with van der Waals surface area (Å²) < 4.78 is 5.01. The Morgan fingerprint density at radius 2 is 2.43 bits per heavy atom. The molecule has 1 rings (SSSR count). The molecular formula is C10H20N2O2. The second-order valence-corrected chi connectivity index (χ2v) is 3.68. The first-order valence-corrected chi connectivity index (χ1v) is 5.37. The van der Waals surface area contributed by atoms with Gasteiger partial charge in [0, 0.05) is 19.6 Å². The van der Waals surface area contributed by atoms with E-state index in [1.807, 2.05) is 6.92 Å². The fourth-order valence-electron chi connectivity index (χ4n) is 1.89. The predicted molar refractivity (Wildman–Crippen MR) is 54.9 cm³/mol. The molecule has 0 bridgehead atoms. The van der Waals surface area contributed by atoms with Gasteiger partial charge in [-0.05, 0) is 26.3 Å².